The van der Waals surface area contributed by atoms with Crippen LogP contribution in [0.1, 0.15) is 10.4 Å². The van der Waals surface area contributed by atoms with Gasteiger partial charge in [-0.1, -0.05) is 40.9 Å². The zero-order valence-corrected chi connectivity index (χ0v) is 13.4. The van der Waals surface area contributed by atoms with Gasteiger partial charge in [0.1, 0.15) is 0 Å². The van der Waals surface area contributed by atoms with Gasteiger partial charge in [-0.15, -0.1) is 0 Å². The Bertz CT molecular complexity index is 719. The van der Waals surface area contributed by atoms with Crippen LogP contribution in [0.3, 0.4) is 0 Å². The molecule has 2 aromatic rings. The quantitative estimate of drug-likeness (QED) is 0.822. The number of ether oxygens (including phenoxy) is 1. The molecule has 0 aromatic heterocycles. The monoisotopic (exact) mass is 357 g/mol. The van der Waals surface area contributed by atoms with E-state index in [0.717, 1.165) is 0 Å². The van der Waals surface area contributed by atoms with Crippen molar-refractivity contribution in [3.63, 3.8) is 0 Å². The topological polar surface area (TPSA) is 55.4 Å². The molecule has 0 radical (unpaired) electrons. The number of rotatable bonds is 4. The summed E-state index contributed by atoms with van der Waals surface area (Å²) in [5, 5.41) is 3.65. The predicted octanol–water partition coefficient (Wildman–Crippen LogP) is 4.44. The van der Waals surface area contributed by atoms with Gasteiger partial charge in [-0.3, -0.25) is 4.79 Å². The van der Waals surface area contributed by atoms with Crippen molar-refractivity contribution in [1.82, 2.24) is 0 Å². The summed E-state index contributed by atoms with van der Waals surface area (Å²) in [5.41, 5.74) is 0.730. The fourth-order valence-electron chi connectivity index (χ4n) is 1.60. The van der Waals surface area contributed by atoms with Crippen LogP contribution in [0.4, 0.5) is 5.69 Å². The maximum Gasteiger partial charge on any atom is 0.338 e. The molecule has 0 unspecified atom stereocenters. The van der Waals surface area contributed by atoms with Crippen molar-refractivity contribution in [1.29, 1.82) is 0 Å². The van der Waals surface area contributed by atoms with Crippen LogP contribution in [-0.4, -0.2) is 18.5 Å². The van der Waals surface area contributed by atoms with Gasteiger partial charge in [-0.2, -0.15) is 0 Å². The molecule has 0 aliphatic heterocycles. The van der Waals surface area contributed by atoms with E-state index in [4.69, 9.17) is 39.5 Å². The molecule has 1 N–H and O–H groups in total. The third-order valence-corrected chi connectivity index (χ3v) is 3.57. The van der Waals surface area contributed by atoms with E-state index in [1.807, 2.05) is 0 Å². The molecule has 0 atom stereocenters. The van der Waals surface area contributed by atoms with E-state index in [9.17, 15) is 9.59 Å². The average Bonchev–Trinajstić information content (AvgIpc) is 2.48. The van der Waals surface area contributed by atoms with E-state index in [0.29, 0.717) is 20.8 Å². The Kier molecular flexibility index (Phi) is 5.66. The van der Waals surface area contributed by atoms with E-state index in [1.165, 1.54) is 12.1 Å². The highest BCUT2D eigenvalue weighted by atomic mass is 35.5. The van der Waals surface area contributed by atoms with Crippen molar-refractivity contribution in [3.05, 3.63) is 63.1 Å². The molecule has 22 heavy (non-hydrogen) atoms. The lowest BCUT2D eigenvalue weighted by Crippen LogP contribution is -2.20. The summed E-state index contributed by atoms with van der Waals surface area (Å²) in [6.07, 6.45) is 0. The van der Waals surface area contributed by atoms with Crippen molar-refractivity contribution in [2.24, 2.45) is 0 Å². The minimum absolute atomic E-state index is 0.273. The molecule has 0 fully saturated rings. The number of benzene rings is 2. The number of anilines is 1. The summed E-state index contributed by atoms with van der Waals surface area (Å²) in [5.74, 6) is -1.12. The van der Waals surface area contributed by atoms with E-state index in [2.05, 4.69) is 5.32 Å². The van der Waals surface area contributed by atoms with Crippen molar-refractivity contribution in [3.8, 4) is 0 Å². The second-order valence-corrected chi connectivity index (χ2v) is 5.51. The standard InChI is InChI=1S/C15H10Cl3NO3/c16-10-3-1-2-9(6-10)15(21)22-8-14(20)19-11-4-5-12(17)13(18)7-11/h1-7H,8H2,(H,19,20). The summed E-state index contributed by atoms with van der Waals surface area (Å²) in [6, 6.07) is 10.9. The Hall–Kier alpha value is -1.75. The fourth-order valence-corrected chi connectivity index (χ4v) is 2.09. The number of nitrogens with one attached hydrogen (secondary N) is 1. The molecule has 4 nitrogen and oxygen atoms in total. The molecular formula is C15H10Cl3NO3. The number of halogens is 3. The highest BCUT2D eigenvalue weighted by molar-refractivity contribution is 6.42. The van der Waals surface area contributed by atoms with Crippen LogP contribution >= 0.6 is 34.8 Å². The van der Waals surface area contributed by atoms with Gasteiger partial charge in [0.05, 0.1) is 15.6 Å². The molecule has 0 aliphatic carbocycles. The van der Waals surface area contributed by atoms with Crippen molar-refractivity contribution in [2.75, 3.05) is 11.9 Å². The van der Waals surface area contributed by atoms with Crippen molar-refractivity contribution in [2.45, 2.75) is 0 Å². The Morgan fingerprint density at radius 3 is 2.45 bits per heavy atom. The highest BCUT2D eigenvalue weighted by Gasteiger charge is 2.11. The normalized spacial score (nSPS) is 10.1. The Morgan fingerprint density at radius 1 is 1.00 bits per heavy atom. The molecule has 0 spiro atoms. The van der Waals surface area contributed by atoms with Gasteiger partial charge in [-0.25, -0.2) is 4.79 Å². The second-order valence-electron chi connectivity index (χ2n) is 4.26. The molecule has 0 aliphatic rings. The number of hydrogen-bond donors (Lipinski definition) is 1. The SMILES string of the molecule is O=C(COC(=O)c1cccc(Cl)c1)Nc1ccc(Cl)c(Cl)c1. The van der Waals surface area contributed by atoms with Gasteiger partial charge >= 0.3 is 5.97 Å². The highest BCUT2D eigenvalue weighted by Crippen LogP contribution is 2.24. The fraction of sp³-hybridized carbons (Fsp3) is 0.0667. The van der Waals surface area contributed by atoms with E-state index in [-0.39, 0.29) is 5.56 Å². The molecule has 0 bridgehead atoms. The second kappa shape index (κ2) is 7.49. The first-order chi connectivity index (χ1) is 10.5. The largest absolute Gasteiger partial charge is 0.452 e. The smallest absolute Gasteiger partial charge is 0.338 e. The first-order valence-corrected chi connectivity index (χ1v) is 7.26. The Balaban J connectivity index is 1.90. The molecular weight excluding hydrogens is 349 g/mol. The Labute approximate surface area is 141 Å². The van der Waals surface area contributed by atoms with Gasteiger partial charge < -0.3 is 10.1 Å². The lowest BCUT2D eigenvalue weighted by atomic mass is 10.2. The third-order valence-electron chi connectivity index (χ3n) is 2.60. The van der Waals surface area contributed by atoms with Crippen molar-refractivity contribution >= 4 is 52.4 Å². The first kappa shape index (κ1) is 16.6. The third kappa shape index (κ3) is 4.63. The van der Waals surface area contributed by atoms with Crippen LogP contribution in [-0.2, 0) is 9.53 Å². The maximum absolute atomic E-state index is 11.8. The van der Waals surface area contributed by atoms with Gasteiger partial charge in [0, 0.05) is 10.7 Å². The molecule has 2 rings (SSSR count). The summed E-state index contributed by atoms with van der Waals surface area (Å²) in [7, 11) is 0. The van der Waals surface area contributed by atoms with Gasteiger partial charge in [0.25, 0.3) is 5.91 Å². The number of amides is 1. The lowest BCUT2D eigenvalue weighted by Gasteiger charge is -2.07. The summed E-state index contributed by atoms with van der Waals surface area (Å²) in [6.45, 7) is -0.425. The number of carbonyl (C=O) groups excluding carboxylic acids is 2. The average molecular weight is 359 g/mol. The van der Waals surface area contributed by atoms with Crippen LogP contribution < -0.4 is 5.32 Å². The van der Waals surface area contributed by atoms with Crippen LogP contribution in [0.25, 0.3) is 0 Å². The minimum atomic E-state index is -0.633. The van der Waals surface area contributed by atoms with Gasteiger partial charge in [0.2, 0.25) is 0 Å². The summed E-state index contributed by atoms with van der Waals surface area (Å²) >= 11 is 17.4. The first-order valence-electron chi connectivity index (χ1n) is 6.13. The van der Waals surface area contributed by atoms with Crippen LogP contribution in [0.5, 0.6) is 0 Å². The van der Waals surface area contributed by atoms with Crippen LogP contribution in [0.15, 0.2) is 42.5 Å². The van der Waals surface area contributed by atoms with E-state index < -0.39 is 18.5 Å². The molecule has 114 valence electrons. The van der Waals surface area contributed by atoms with E-state index >= 15 is 0 Å². The number of esters is 1. The lowest BCUT2D eigenvalue weighted by molar-refractivity contribution is -0.119. The van der Waals surface area contributed by atoms with E-state index in [1.54, 1.807) is 30.3 Å². The summed E-state index contributed by atoms with van der Waals surface area (Å²) in [4.78, 5) is 23.5. The predicted molar refractivity (Wildman–Crippen MR) is 86.8 cm³/mol. The summed E-state index contributed by atoms with van der Waals surface area (Å²) < 4.78 is 4.90. The molecule has 1 amide bonds. The molecule has 0 saturated carbocycles. The van der Waals surface area contributed by atoms with Gasteiger partial charge in [0.15, 0.2) is 6.61 Å². The molecule has 0 saturated heterocycles. The molecule has 0 heterocycles. The van der Waals surface area contributed by atoms with Gasteiger partial charge in [-0.05, 0) is 36.4 Å². The Morgan fingerprint density at radius 2 is 1.77 bits per heavy atom. The molecule has 2 aromatic carbocycles. The van der Waals surface area contributed by atoms with Crippen molar-refractivity contribution < 1.29 is 14.3 Å². The number of carbonyl (C=O) groups is 2. The minimum Gasteiger partial charge on any atom is -0.452 e. The zero-order chi connectivity index (χ0) is 16.1. The van der Waals surface area contributed by atoms with Crippen LogP contribution in [0.2, 0.25) is 15.1 Å². The molecule has 7 heteroatoms. The zero-order valence-electron chi connectivity index (χ0n) is 11.1. The van der Waals surface area contributed by atoms with Crippen LogP contribution in [0, 0.1) is 0 Å². The maximum atomic E-state index is 11.8. The number of hydrogen-bond acceptors (Lipinski definition) is 3.